The molecule has 0 saturated heterocycles. The van der Waals surface area contributed by atoms with E-state index in [0.29, 0.717) is 23.4 Å². The van der Waals surface area contributed by atoms with Crippen LogP contribution in [-0.4, -0.2) is 22.7 Å². The van der Waals surface area contributed by atoms with E-state index < -0.39 is 0 Å². The van der Waals surface area contributed by atoms with Crippen molar-refractivity contribution in [2.45, 2.75) is 13.5 Å². The quantitative estimate of drug-likeness (QED) is 0.780. The molecular formula is C11H13BrClNO. The number of nitrogens with zero attached hydrogens (tertiary/aromatic N) is 1. The van der Waals surface area contributed by atoms with Crippen LogP contribution >= 0.6 is 27.5 Å². The van der Waals surface area contributed by atoms with Crippen LogP contribution in [0.1, 0.15) is 12.5 Å². The van der Waals surface area contributed by atoms with Crippen molar-refractivity contribution in [2.75, 3.05) is 11.9 Å². The normalized spacial score (nSPS) is 10.1. The van der Waals surface area contributed by atoms with Crippen LogP contribution in [0, 0.1) is 0 Å². The zero-order valence-corrected chi connectivity index (χ0v) is 10.9. The van der Waals surface area contributed by atoms with Crippen LogP contribution < -0.4 is 0 Å². The summed E-state index contributed by atoms with van der Waals surface area (Å²) in [4.78, 5) is 13.3. The van der Waals surface area contributed by atoms with Gasteiger partial charge in [-0.3, -0.25) is 4.79 Å². The fraction of sp³-hybridized carbons (Fsp3) is 0.364. The molecule has 15 heavy (non-hydrogen) atoms. The van der Waals surface area contributed by atoms with Gasteiger partial charge in [0.1, 0.15) is 0 Å². The Morgan fingerprint density at radius 1 is 1.47 bits per heavy atom. The van der Waals surface area contributed by atoms with E-state index in [0.717, 1.165) is 5.56 Å². The average Bonchev–Trinajstić information content (AvgIpc) is 2.27. The second kappa shape index (κ2) is 6.13. The summed E-state index contributed by atoms with van der Waals surface area (Å²) in [6.07, 6.45) is 0. The van der Waals surface area contributed by atoms with Gasteiger partial charge in [0.25, 0.3) is 0 Å². The Balaban J connectivity index is 2.75. The zero-order valence-electron chi connectivity index (χ0n) is 8.54. The van der Waals surface area contributed by atoms with Gasteiger partial charge in [0, 0.05) is 18.1 Å². The minimum absolute atomic E-state index is 0.0809. The van der Waals surface area contributed by atoms with Gasteiger partial charge in [-0.05, 0) is 18.6 Å². The van der Waals surface area contributed by atoms with Gasteiger partial charge < -0.3 is 4.90 Å². The predicted octanol–water partition coefficient (Wildman–Crippen LogP) is 3.08. The van der Waals surface area contributed by atoms with Crippen LogP contribution in [0.15, 0.2) is 24.3 Å². The minimum Gasteiger partial charge on any atom is -0.338 e. The molecule has 0 aliphatic carbocycles. The van der Waals surface area contributed by atoms with E-state index in [-0.39, 0.29) is 5.91 Å². The molecule has 0 N–H and O–H groups in total. The maximum absolute atomic E-state index is 11.5. The molecule has 1 rings (SSSR count). The lowest BCUT2D eigenvalue weighted by molar-refractivity contribution is -0.128. The molecule has 2 nitrogen and oxygen atoms in total. The molecule has 0 radical (unpaired) electrons. The van der Waals surface area contributed by atoms with E-state index in [1.165, 1.54) is 0 Å². The summed E-state index contributed by atoms with van der Waals surface area (Å²) in [5.41, 5.74) is 0.982. The molecule has 0 aliphatic heterocycles. The Kier molecular flexibility index (Phi) is 5.12. The van der Waals surface area contributed by atoms with Crippen LogP contribution in [0.2, 0.25) is 5.02 Å². The van der Waals surface area contributed by atoms with Gasteiger partial charge in [-0.25, -0.2) is 0 Å². The van der Waals surface area contributed by atoms with Crippen molar-refractivity contribution < 1.29 is 4.79 Å². The largest absolute Gasteiger partial charge is 0.338 e. The number of carbonyl (C=O) groups is 1. The lowest BCUT2D eigenvalue weighted by Gasteiger charge is -2.20. The van der Waals surface area contributed by atoms with Crippen molar-refractivity contribution in [3.05, 3.63) is 34.9 Å². The molecule has 0 aliphatic rings. The molecule has 82 valence electrons. The van der Waals surface area contributed by atoms with Crippen LogP contribution in [-0.2, 0) is 11.3 Å². The Morgan fingerprint density at radius 3 is 2.67 bits per heavy atom. The predicted molar refractivity (Wildman–Crippen MR) is 66.3 cm³/mol. The molecule has 0 bridgehead atoms. The fourth-order valence-corrected chi connectivity index (χ4v) is 1.84. The summed E-state index contributed by atoms with van der Waals surface area (Å²) >= 11 is 9.19. The minimum atomic E-state index is 0.0809. The molecule has 0 unspecified atom stereocenters. The first kappa shape index (κ1) is 12.5. The van der Waals surface area contributed by atoms with Crippen molar-refractivity contribution in [1.29, 1.82) is 0 Å². The van der Waals surface area contributed by atoms with Gasteiger partial charge >= 0.3 is 0 Å². The maximum atomic E-state index is 11.5. The average molecular weight is 291 g/mol. The van der Waals surface area contributed by atoms with Gasteiger partial charge in [-0.1, -0.05) is 45.7 Å². The van der Waals surface area contributed by atoms with Crippen molar-refractivity contribution >= 4 is 33.4 Å². The van der Waals surface area contributed by atoms with Crippen molar-refractivity contribution in [3.8, 4) is 0 Å². The highest BCUT2D eigenvalue weighted by Crippen LogP contribution is 2.17. The standard InChI is InChI=1S/C11H13BrClNO/c1-2-14(11(15)7-12)8-9-5-3-4-6-10(9)13/h3-6H,2,7-8H2,1H3. The van der Waals surface area contributed by atoms with Gasteiger partial charge in [-0.15, -0.1) is 0 Å². The van der Waals surface area contributed by atoms with Gasteiger partial charge in [0.2, 0.25) is 5.91 Å². The van der Waals surface area contributed by atoms with E-state index in [2.05, 4.69) is 15.9 Å². The number of benzene rings is 1. The Hall–Kier alpha value is -0.540. The summed E-state index contributed by atoms with van der Waals surface area (Å²) < 4.78 is 0. The molecule has 0 spiro atoms. The van der Waals surface area contributed by atoms with Crippen molar-refractivity contribution in [3.63, 3.8) is 0 Å². The van der Waals surface area contributed by atoms with E-state index in [4.69, 9.17) is 11.6 Å². The third-order valence-corrected chi connectivity index (χ3v) is 3.02. The maximum Gasteiger partial charge on any atom is 0.233 e. The molecule has 1 aromatic carbocycles. The second-order valence-corrected chi connectivity index (χ2v) is 4.10. The lowest BCUT2D eigenvalue weighted by atomic mass is 10.2. The molecule has 4 heteroatoms. The van der Waals surface area contributed by atoms with Gasteiger partial charge in [-0.2, -0.15) is 0 Å². The second-order valence-electron chi connectivity index (χ2n) is 3.13. The van der Waals surface area contributed by atoms with Crippen LogP contribution in [0.3, 0.4) is 0 Å². The SMILES string of the molecule is CCN(Cc1ccccc1Cl)C(=O)CBr. The summed E-state index contributed by atoms with van der Waals surface area (Å²) in [6.45, 7) is 3.22. The number of halogens is 2. The Labute approximate surface area is 103 Å². The zero-order chi connectivity index (χ0) is 11.3. The first-order chi connectivity index (χ1) is 7.19. The molecule has 0 fully saturated rings. The van der Waals surface area contributed by atoms with Crippen LogP contribution in [0.25, 0.3) is 0 Å². The summed E-state index contributed by atoms with van der Waals surface area (Å²) in [5.74, 6) is 0.0809. The topological polar surface area (TPSA) is 20.3 Å². The smallest absolute Gasteiger partial charge is 0.233 e. The molecule has 0 aromatic heterocycles. The Bertz CT molecular complexity index is 343. The summed E-state index contributed by atoms with van der Waals surface area (Å²) in [7, 11) is 0. The molecular weight excluding hydrogens is 277 g/mol. The number of rotatable bonds is 4. The number of carbonyl (C=O) groups excluding carboxylic acids is 1. The van der Waals surface area contributed by atoms with Crippen LogP contribution in [0.4, 0.5) is 0 Å². The summed E-state index contributed by atoms with van der Waals surface area (Å²) in [6, 6.07) is 7.58. The molecule has 0 heterocycles. The third kappa shape index (κ3) is 3.50. The first-order valence-electron chi connectivity index (χ1n) is 4.76. The number of alkyl halides is 1. The molecule has 0 atom stereocenters. The van der Waals surface area contributed by atoms with E-state index in [1.54, 1.807) is 4.90 Å². The van der Waals surface area contributed by atoms with Gasteiger partial charge in [0.05, 0.1) is 5.33 Å². The highest BCUT2D eigenvalue weighted by Gasteiger charge is 2.11. The van der Waals surface area contributed by atoms with E-state index in [9.17, 15) is 4.79 Å². The van der Waals surface area contributed by atoms with Crippen LogP contribution in [0.5, 0.6) is 0 Å². The van der Waals surface area contributed by atoms with Crippen molar-refractivity contribution in [2.24, 2.45) is 0 Å². The lowest BCUT2D eigenvalue weighted by Crippen LogP contribution is -2.31. The highest BCUT2D eigenvalue weighted by molar-refractivity contribution is 9.09. The molecule has 0 saturated carbocycles. The van der Waals surface area contributed by atoms with E-state index >= 15 is 0 Å². The third-order valence-electron chi connectivity index (χ3n) is 2.17. The summed E-state index contributed by atoms with van der Waals surface area (Å²) in [5, 5.41) is 1.06. The number of hydrogen-bond acceptors (Lipinski definition) is 1. The molecule has 1 amide bonds. The van der Waals surface area contributed by atoms with Gasteiger partial charge in [0.15, 0.2) is 0 Å². The number of amides is 1. The monoisotopic (exact) mass is 289 g/mol. The fourth-order valence-electron chi connectivity index (χ4n) is 1.29. The molecule has 1 aromatic rings. The van der Waals surface area contributed by atoms with Crippen molar-refractivity contribution in [1.82, 2.24) is 4.90 Å². The first-order valence-corrected chi connectivity index (χ1v) is 6.26. The Morgan fingerprint density at radius 2 is 2.13 bits per heavy atom. The highest BCUT2D eigenvalue weighted by atomic mass is 79.9. The number of hydrogen-bond donors (Lipinski definition) is 0. The van der Waals surface area contributed by atoms with E-state index in [1.807, 2.05) is 31.2 Å².